The largest absolute Gasteiger partial charge is 0.325 e. The molecule has 1 aliphatic heterocycles. The van der Waals surface area contributed by atoms with Crippen molar-refractivity contribution in [2.75, 3.05) is 5.32 Å². The molecule has 0 spiro atoms. The van der Waals surface area contributed by atoms with Crippen LogP contribution in [-0.2, 0) is 4.79 Å². The van der Waals surface area contributed by atoms with Crippen molar-refractivity contribution in [2.24, 2.45) is 4.99 Å². The third-order valence-corrected chi connectivity index (χ3v) is 4.78. The van der Waals surface area contributed by atoms with Crippen LogP contribution >= 0.6 is 15.9 Å². The lowest BCUT2D eigenvalue weighted by Gasteiger charge is -2.06. The molecule has 2 aromatic carbocycles. The van der Waals surface area contributed by atoms with E-state index in [1.54, 1.807) is 17.0 Å². The normalized spacial score (nSPS) is 16.1. The van der Waals surface area contributed by atoms with Gasteiger partial charge in [0, 0.05) is 28.1 Å². The number of amides is 1. The highest BCUT2D eigenvalue weighted by Crippen LogP contribution is 2.33. The molecule has 2 N–H and O–H groups in total. The van der Waals surface area contributed by atoms with Crippen LogP contribution in [0.5, 0.6) is 0 Å². The second kappa shape index (κ2) is 6.42. The van der Waals surface area contributed by atoms with E-state index in [0.29, 0.717) is 0 Å². The Labute approximate surface area is 157 Å². The molecule has 6 nitrogen and oxygen atoms in total. The van der Waals surface area contributed by atoms with E-state index in [4.69, 9.17) is 0 Å². The summed E-state index contributed by atoms with van der Waals surface area (Å²) < 4.78 is 2.64. The minimum Gasteiger partial charge on any atom is -0.325 e. The van der Waals surface area contributed by atoms with Crippen molar-refractivity contribution in [3.8, 4) is 5.69 Å². The number of nitrogens with zero attached hydrogens (tertiary/aromatic N) is 2. The maximum atomic E-state index is 12.2. The SMILES string of the molecule is Cc1cc(=O)[nH]n1-c1ccc(N=CC2C(=O)Nc3cc(Br)ccc32)cc1. The van der Waals surface area contributed by atoms with Crippen molar-refractivity contribution >= 4 is 39.4 Å². The van der Waals surface area contributed by atoms with Crippen LogP contribution in [-0.4, -0.2) is 21.9 Å². The molecule has 0 fully saturated rings. The fraction of sp³-hybridized carbons (Fsp3) is 0.105. The summed E-state index contributed by atoms with van der Waals surface area (Å²) in [4.78, 5) is 28.0. The molecule has 26 heavy (non-hydrogen) atoms. The first-order chi connectivity index (χ1) is 12.5. The number of anilines is 1. The monoisotopic (exact) mass is 410 g/mol. The molecule has 0 saturated heterocycles. The number of fused-ring (bicyclic) bond motifs is 1. The first kappa shape index (κ1) is 16.5. The number of carbonyl (C=O) groups excluding carboxylic acids is 1. The van der Waals surface area contributed by atoms with Crippen molar-refractivity contribution in [3.63, 3.8) is 0 Å². The van der Waals surface area contributed by atoms with Crippen molar-refractivity contribution in [1.29, 1.82) is 0 Å². The molecule has 0 radical (unpaired) electrons. The Bertz CT molecular complexity index is 1080. The first-order valence-corrected chi connectivity index (χ1v) is 8.84. The Morgan fingerprint density at radius 2 is 1.88 bits per heavy atom. The Morgan fingerprint density at radius 3 is 2.58 bits per heavy atom. The number of halogens is 1. The zero-order chi connectivity index (χ0) is 18.3. The summed E-state index contributed by atoms with van der Waals surface area (Å²) in [7, 11) is 0. The lowest BCUT2D eigenvalue weighted by molar-refractivity contribution is -0.115. The van der Waals surface area contributed by atoms with Gasteiger partial charge in [-0.1, -0.05) is 22.0 Å². The number of rotatable bonds is 3. The van der Waals surface area contributed by atoms with Gasteiger partial charge in [-0.2, -0.15) is 0 Å². The summed E-state index contributed by atoms with van der Waals surface area (Å²) in [6.07, 6.45) is 1.66. The molecule has 0 saturated carbocycles. The molecule has 130 valence electrons. The van der Waals surface area contributed by atoms with Gasteiger partial charge in [0.05, 0.1) is 11.4 Å². The lowest BCUT2D eigenvalue weighted by atomic mass is 10.0. The molecule has 1 amide bonds. The van der Waals surface area contributed by atoms with Crippen LogP contribution in [0.4, 0.5) is 11.4 Å². The molecule has 0 aliphatic carbocycles. The number of hydrogen-bond acceptors (Lipinski definition) is 3. The summed E-state index contributed by atoms with van der Waals surface area (Å²) in [5.74, 6) is -0.486. The van der Waals surface area contributed by atoms with Crippen LogP contribution in [0.1, 0.15) is 17.2 Å². The van der Waals surface area contributed by atoms with E-state index < -0.39 is 5.92 Å². The molecular formula is C19H15BrN4O2. The standard InChI is InChI=1S/C19H15BrN4O2/c1-11-8-18(25)23-24(11)14-5-3-13(4-6-14)21-10-16-15-7-2-12(20)9-17(15)22-19(16)26/h2-10,16H,1H3,(H,22,26)(H,23,25). The van der Waals surface area contributed by atoms with Gasteiger partial charge in [-0.25, -0.2) is 0 Å². The van der Waals surface area contributed by atoms with E-state index in [1.165, 1.54) is 0 Å². The van der Waals surface area contributed by atoms with E-state index in [1.807, 2.05) is 49.4 Å². The number of H-pyrrole nitrogens is 1. The summed E-state index contributed by atoms with van der Waals surface area (Å²) >= 11 is 3.40. The Kier molecular flexibility index (Phi) is 4.08. The highest BCUT2D eigenvalue weighted by Gasteiger charge is 2.29. The van der Waals surface area contributed by atoms with Crippen LogP contribution in [0.25, 0.3) is 5.69 Å². The fourth-order valence-corrected chi connectivity index (χ4v) is 3.37. The second-order valence-corrected chi connectivity index (χ2v) is 7.01. The number of aromatic nitrogens is 2. The van der Waals surface area contributed by atoms with Gasteiger partial charge >= 0.3 is 0 Å². The summed E-state index contributed by atoms with van der Waals surface area (Å²) in [5.41, 5.74) is 4.00. The predicted molar refractivity (Wildman–Crippen MR) is 105 cm³/mol. The van der Waals surface area contributed by atoms with Gasteiger partial charge in [0.1, 0.15) is 5.92 Å². The average molecular weight is 411 g/mol. The average Bonchev–Trinajstić information content (AvgIpc) is 3.11. The summed E-state index contributed by atoms with van der Waals surface area (Å²) in [6, 6.07) is 14.7. The maximum absolute atomic E-state index is 12.2. The molecule has 0 bridgehead atoms. The van der Waals surface area contributed by atoms with Crippen molar-refractivity contribution in [1.82, 2.24) is 9.78 Å². The lowest BCUT2D eigenvalue weighted by Crippen LogP contribution is -2.12. The van der Waals surface area contributed by atoms with Crippen LogP contribution in [0.15, 0.2) is 62.8 Å². The smallest absolute Gasteiger partial charge is 0.264 e. The fourth-order valence-electron chi connectivity index (χ4n) is 3.01. The van der Waals surface area contributed by atoms with E-state index in [2.05, 4.69) is 31.3 Å². The van der Waals surface area contributed by atoms with Crippen molar-refractivity contribution in [2.45, 2.75) is 12.8 Å². The molecule has 1 atom stereocenters. The van der Waals surface area contributed by atoms with Crippen LogP contribution in [0.2, 0.25) is 0 Å². The number of carbonyl (C=O) groups is 1. The van der Waals surface area contributed by atoms with E-state index >= 15 is 0 Å². The van der Waals surface area contributed by atoms with Gasteiger partial charge < -0.3 is 5.32 Å². The molecule has 4 rings (SSSR count). The molecule has 3 aromatic rings. The second-order valence-electron chi connectivity index (χ2n) is 6.09. The van der Waals surface area contributed by atoms with Crippen LogP contribution < -0.4 is 10.9 Å². The quantitative estimate of drug-likeness (QED) is 0.645. The summed E-state index contributed by atoms with van der Waals surface area (Å²) in [5, 5.41) is 5.61. The molecular weight excluding hydrogens is 396 g/mol. The molecule has 2 heterocycles. The highest BCUT2D eigenvalue weighted by molar-refractivity contribution is 9.10. The Balaban J connectivity index is 1.57. The van der Waals surface area contributed by atoms with Gasteiger partial charge in [-0.3, -0.25) is 24.4 Å². The number of aryl methyl sites for hydroxylation is 1. The molecule has 7 heteroatoms. The molecule has 1 aromatic heterocycles. The number of aliphatic imine (C=N–C) groups is 1. The van der Waals surface area contributed by atoms with Gasteiger partial charge in [0.25, 0.3) is 5.56 Å². The van der Waals surface area contributed by atoms with Crippen LogP contribution in [0.3, 0.4) is 0 Å². The maximum Gasteiger partial charge on any atom is 0.264 e. The predicted octanol–water partition coefficient (Wildman–Crippen LogP) is 3.67. The zero-order valence-electron chi connectivity index (χ0n) is 13.9. The Hall–Kier alpha value is -2.93. The highest BCUT2D eigenvalue weighted by atomic mass is 79.9. The minimum absolute atomic E-state index is 0.0842. The van der Waals surface area contributed by atoms with Crippen molar-refractivity contribution in [3.05, 3.63) is 74.6 Å². The zero-order valence-corrected chi connectivity index (χ0v) is 15.4. The third-order valence-electron chi connectivity index (χ3n) is 4.29. The number of hydrogen-bond donors (Lipinski definition) is 2. The first-order valence-electron chi connectivity index (χ1n) is 8.05. The van der Waals surface area contributed by atoms with E-state index in [0.717, 1.165) is 32.8 Å². The topological polar surface area (TPSA) is 79.2 Å². The summed E-state index contributed by atoms with van der Waals surface area (Å²) in [6.45, 7) is 1.86. The van der Waals surface area contributed by atoms with E-state index in [9.17, 15) is 9.59 Å². The van der Waals surface area contributed by atoms with E-state index in [-0.39, 0.29) is 11.5 Å². The number of benzene rings is 2. The van der Waals surface area contributed by atoms with Crippen molar-refractivity contribution < 1.29 is 4.79 Å². The number of nitrogens with one attached hydrogen (secondary N) is 2. The van der Waals surface area contributed by atoms with Crippen LogP contribution in [0, 0.1) is 6.92 Å². The minimum atomic E-state index is -0.402. The van der Waals surface area contributed by atoms with Gasteiger partial charge in [-0.05, 0) is 48.9 Å². The molecule has 1 unspecified atom stereocenters. The van der Waals surface area contributed by atoms with Gasteiger partial charge in [0.15, 0.2) is 0 Å². The Morgan fingerprint density at radius 1 is 1.12 bits per heavy atom. The van der Waals surface area contributed by atoms with Gasteiger partial charge in [-0.15, -0.1) is 0 Å². The van der Waals surface area contributed by atoms with Gasteiger partial charge in [0.2, 0.25) is 5.91 Å². The number of aromatic amines is 1. The molecule has 1 aliphatic rings. The third kappa shape index (κ3) is 3.01.